The molecule has 0 fully saturated rings. The predicted octanol–water partition coefficient (Wildman–Crippen LogP) is 3.34. The van der Waals surface area contributed by atoms with Crippen LogP contribution in [0.15, 0.2) is 59.9 Å². The Kier molecular flexibility index (Phi) is 6.99. The highest BCUT2D eigenvalue weighted by atomic mass is 35.5. The van der Waals surface area contributed by atoms with Crippen LogP contribution in [0.4, 0.5) is 4.79 Å². The third-order valence-electron chi connectivity index (χ3n) is 5.12. The number of aromatic nitrogens is 5. The van der Waals surface area contributed by atoms with E-state index in [-0.39, 0.29) is 18.1 Å². The first-order valence-corrected chi connectivity index (χ1v) is 11.0. The molecule has 2 aromatic carbocycles. The number of hydrogen-bond acceptors (Lipinski definition) is 5. The number of H-pyrrole nitrogens is 1. The van der Waals surface area contributed by atoms with Gasteiger partial charge in [-0.05, 0) is 35.7 Å². The van der Waals surface area contributed by atoms with Gasteiger partial charge in [0.25, 0.3) is 5.56 Å². The number of hydrogen-bond donors (Lipinski definition) is 2. The van der Waals surface area contributed by atoms with E-state index in [1.807, 2.05) is 31.2 Å². The second kappa shape index (κ2) is 10.3. The third kappa shape index (κ3) is 5.75. The molecule has 0 aliphatic carbocycles. The topological polar surface area (TPSA) is 109 Å². The van der Waals surface area contributed by atoms with Gasteiger partial charge in [-0.1, -0.05) is 42.8 Å². The zero-order chi connectivity index (χ0) is 23.2. The van der Waals surface area contributed by atoms with Crippen molar-refractivity contribution in [2.75, 3.05) is 6.54 Å². The van der Waals surface area contributed by atoms with Gasteiger partial charge >= 0.3 is 6.03 Å². The van der Waals surface area contributed by atoms with Crippen LogP contribution in [0.3, 0.4) is 0 Å². The average Bonchev–Trinajstić information content (AvgIpc) is 3.31. The Morgan fingerprint density at radius 2 is 1.97 bits per heavy atom. The number of rotatable bonds is 8. The lowest BCUT2D eigenvalue weighted by molar-refractivity contribution is 0.193. The van der Waals surface area contributed by atoms with Crippen molar-refractivity contribution in [1.82, 2.24) is 34.9 Å². The van der Waals surface area contributed by atoms with E-state index in [0.717, 1.165) is 17.5 Å². The van der Waals surface area contributed by atoms with Crippen LogP contribution in [-0.2, 0) is 19.6 Å². The summed E-state index contributed by atoms with van der Waals surface area (Å²) in [5.41, 5.74) is 2.32. The Bertz CT molecular complexity index is 1290. The predicted molar refractivity (Wildman–Crippen MR) is 126 cm³/mol. The Labute approximate surface area is 195 Å². The van der Waals surface area contributed by atoms with Crippen molar-refractivity contribution in [2.45, 2.75) is 33.0 Å². The molecule has 4 aromatic rings. The van der Waals surface area contributed by atoms with Crippen LogP contribution in [0.25, 0.3) is 10.9 Å². The van der Waals surface area contributed by atoms with Gasteiger partial charge < -0.3 is 15.2 Å². The molecular formula is C23H24ClN7O2. The van der Waals surface area contributed by atoms with E-state index in [0.29, 0.717) is 41.4 Å². The lowest BCUT2D eigenvalue weighted by Crippen LogP contribution is -2.40. The van der Waals surface area contributed by atoms with Crippen molar-refractivity contribution in [1.29, 1.82) is 0 Å². The maximum Gasteiger partial charge on any atom is 0.318 e. The van der Waals surface area contributed by atoms with Crippen LogP contribution in [-0.4, -0.2) is 42.2 Å². The van der Waals surface area contributed by atoms with Gasteiger partial charge in [0.2, 0.25) is 0 Å². The summed E-state index contributed by atoms with van der Waals surface area (Å²) in [6.07, 6.45) is 3.95. The van der Waals surface area contributed by atoms with E-state index in [2.05, 4.69) is 25.4 Å². The van der Waals surface area contributed by atoms with Crippen molar-refractivity contribution in [3.05, 3.63) is 87.4 Å². The summed E-state index contributed by atoms with van der Waals surface area (Å²) in [5.74, 6) is 0.413. The van der Waals surface area contributed by atoms with Crippen molar-refractivity contribution in [2.24, 2.45) is 0 Å². The van der Waals surface area contributed by atoms with E-state index in [1.54, 1.807) is 34.1 Å². The second-order valence-corrected chi connectivity index (χ2v) is 8.10. The smallest absolute Gasteiger partial charge is 0.318 e. The minimum atomic E-state index is -0.255. The van der Waals surface area contributed by atoms with E-state index in [4.69, 9.17) is 11.6 Å². The quantitative estimate of drug-likeness (QED) is 0.415. The van der Waals surface area contributed by atoms with Crippen molar-refractivity contribution in [3.8, 4) is 0 Å². The molecule has 0 aliphatic heterocycles. The van der Waals surface area contributed by atoms with Crippen LogP contribution in [0, 0.1) is 0 Å². The average molecular weight is 466 g/mol. The Balaban J connectivity index is 1.40. The van der Waals surface area contributed by atoms with Crippen LogP contribution < -0.4 is 10.9 Å². The number of fused-ring (bicyclic) bond motifs is 1. The number of amides is 2. The highest BCUT2D eigenvalue weighted by Crippen LogP contribution is 2.15. The molecule has 2 amide bonds. The van der Waals surface area contributed by atoms with Crippen LogP contribution in [0.5, 0.6) is 0 Å². The van der Waals surface area contributed by atoms with Gasteiger partial charge in [0.05, 0.1) is 24.0 Å². The van der Waals surface area contributed by atoms with Crippen LogP contribution in [0.1, 0.15) is 30.3 Å². The van der Waals surface area contributed by atoms with Crippen molar-refractivity contribution in [3.63, 3.8) is 0 Å². The van der Waals surface area contributed by atoms with E-state index < -0.39 is 0 Å². The van der Waals surface area contributed by atoms with Gasteiger partial charge in [0.15, 0.2) is 0 Å². The first-order valence-electron chi connectivity index (χ1n) is 10.6. The van der Waals surface area contributed by atoms with E-state index >= 15 is 0 Å². The lowest BCUT2D eigenvalue weighted by Gasteiger charge is -2.22. The Hall–Kier alpha value is -3.72. The monoisotopic (exact) mass is 465 g/mol. The molecule has 2 aromatic heterocycles. The number of carbonyl (C=O) groups is 1. The fraction of sp³-hybridized carbons (Fsp3) is 0.261. The number of halogens is 1. The fourth-order valence-electron chi connectivity index (χ4n) is 3.49. The standard InChI is InChI=1S/C23H24ClN7O2/c1-2-9-30(13-21-28-20-10-18(24)7-8-19(20)22(32)29-21)23(33)26-11-16-3-5-17(6-4-16)12-31-15-25-14-27-31/h3-8,10,14-15H,2,9,11-13H2,1H3,(H,26,33)(H,28,29,32). The second-order valence-electron chi connectivity index (χ2n) is 7.66. The molecule has 0 bridgehead atoms. The summed E-state index contributed by atoms with van der Waals surface area (Å²) < 4.78 is 1.75. The molecule has 9 nitrogen and oxygen atoms in total. The summed E-state index contributed by atoms with van der Waals surface area (Å²) in [7, 11) is 0. The van der Waals surface area contributed by atoms with E-state index in [9.17, 15) is 9.59 Å². The highest BCUT2D eigenvalue weighted by Gasteiger charge is 2.15. The highest BCUT2D eigenvalue weighted by molar-refractivity contribution is 6.31. The molecule has 170 valence electrons. The van der Waals surface area contributed by atoms with Crippen LogP contribution in [0.2, 0.25) is 5.02 Å². The molecule has 0 saturated heterocycles. The van der Waals surface area contributed by atoms with Gasteiger partial charge in [0, 0.05) is 18.1 Å². The zero-order valence-electron chi connectivity index (χ0n) is 18.2. The number of nitrogens with zero attached hydrogens (tertiary/aromatic N) is 5. The number of urea groups is 1. The molecule has 33 heavy (non-hydrogen) atoms. The molecule has 2 heterocycles. The molecule has 0 unspecified atom stereocenters. The van der Waals surface area contributed by atoms with E-state index in [1.165, 1.54) is 6.33 Å². The lowest BCUT2D eigenvalue weighted by atomic mass is 10.1. The zero-order valence-corrected chi connectivity index (χ0v) is 18.9. The summed E-state index contributed by atoms with van der Waals surface area (Å²) in [5, 5.41) is 8.01. The van der Waals surface area contributed by atoms with Gasteiger partial charge in [-0.25, -0.2) is 19.4 Å². The summed E-state index contributed by atoms with van der Waals surface area (Å²) in [4.78, 5) is 38.1. The van der Waals surface area contributed by atoms with Gasteiger partial charge in [-0.2, -0.15) is 5.10 Å². The summed E-state index contributed by atoms with van der Waals surface area (Å²) in [6.45, 7) is 3.73. The molecule has 0 radical (unpaired) electrons. The molecule has 0 atom stereocenters. The molecular weight excluding hydrogens is 442 g/mol. The van der Waals surface area contributed by atoms with Crippen LogP contribution >= 0.6 is 11.6 Å². The largest absolute Gasteiger partial charge is 0.334 e. The normalized spacial score (nSPS) is 11.0. The maximum atomic E-state index is 12.8. The first kappa shape index (κ1) is 22.5. The Morgan fingerprint density at radius 1 is 1.18 bits per heavy atom. The molecule has 0 aliphatic rings. The molecule has 10 heteroatoms. The number of aromatic amines is 1. The summed E-state index contributed by atoms with van der Waals surface area (Å²) in [6, 6.07) is 12.7. The van der Waals surface area contributed by atoms with Crippen molar-refractivity contribution < 1.29 is 4.79 Å². The maximum absolute atomic E-state index is 12.8. The molecule has 0 spiro atoms. The number of carbonyl (C=O) groups excluding carboxylic acids is 1. The SMILES string of the molecule is CCCN(Cc1nc2cc(Cl)ccc2c(=O)[nH]1)C(=O)NCc1ccc(Cn2cncn2)cc1. The van der Waals surface area contributed by atoms with Crippen molar-refractivity contribution >= 4 is 28.5 Å². The summed E-state index contributed by atoms with van der Waals surface area (Å²) >= 11 is 6.04. The van der Waals surface area contributed by atoms with Gasteiger partial charge in [-0.3, -0.25) is 4.79 Å². The first-order chi connectivity index (χ1) is 16.0. The van der Waals surface area contributed by atoms with Gasteiger partial charge in [0.1, 0.15) is 18.5 Å². The number of nitrogens with one attached hydrogen (secondary N) is 2. The molecule has 2 N–H and O–H groups in total. The Morgan fingerprint density at radius 3 is 2.70 bits per heavy atom. The van der Waals surface area contributed by atoms with Gasteiger partial charge in [-0.15, -0.1) is 0 Å². The third-order valence-corrected chi connectivity index (χ3v) is 5.35. The minimum absolute atomic E-state index is 0.189. The molecule has 0 saturated carbocycles. The number of benzene rings is 2. The minimum Gasteiger partial charge on any atom is -0.334 e. The molecule has 4 rings (SSSR count). The fourth-order valence-corrected chi connectivity index (χ4v) is 3.66.